The van der Waals surface area contributed by atoms with Gasteiger partial charge in [-0.3, -0.25) is 4.79 Å². The molecule has 0 aromatic carbocycles. The highest BCUT2D eigenvalue weighted by molar-refractivity contribution is 5.93. The average Bonchev–Trinajstić information content (AvgIpc) is 2.60. The van der Waals surface area contributed by atoms with Crippen molar-refractivity contribution in [2.75, 3.05) is 12.3 Å². The number of carbonyl (C=O) groups is 1. The summed E-state index contributed by atoms with van der Waals surface area (Å²) in [7, 11) is 0. The van der Waals surface area contributed by atoms with Crippen molar-refractivity contribution in [3.63, 3.8) is 0 Å². The number of hydrogen-bond acceptors (Lipinski definition) is 2. The number of rotatable bonds is 5. The van der Waals surface area contributed by atoms with Crippen LogP contribution < -0.4 is 11.1 Å². The minimum absolute atomic E-state index is 0.125. The molecule has 0 saturated heterocycles. The van der Waals surface area contributed by atoms with Gasteiger partial charge in [-0.25, -0.2) is 0 Å². The van der Waals surface area contributed by atoms with Crippen molar-refractivity contribution in [3.8, 4) is 12.3 Å². The first-order valence-electron chi connectivity index (χ1n) is 5.36. The Labute approximate surface area is 95.8 Å². The first-order valence-corrected chi connectivity index (χ1v) is 5.36. The van der Waals surface area contributed by atoms with E-state index >= 15 is 0 Å². The van der Waals surface area contributed by atoms with E-state index < -0.39 is 0 Å². The molecule has 3 N–H and O–H groups in total. The molecule has 4 nitrogen and oxygen atoms in total. The lowest BCUT2D eigenvalue weighted by molar-refractivity contribution is 0.0945. The Bertz CT molecular complexity index is 401. The van der Waals surface area contributed by atoms with Crippen LogP contribution in [0.15, 0.2) is 12.3 Å². The highest BCUT2D eigenvalue weighted by Crippen LogP contribution is 2.11. The summed E-state index contributed by atoms with van der Waals surface area (Å²) in [6.45, 7) is 3.33. The molecule has 0 saturated carbocycles. The number of hydrogen-bond donors (Lipinski definition) is 2. The van der Waals surface area contributed by atoms with Crippen LogP contribution in [0.25, 0.3) is 0 Å². The van der Waals surface area contributed by atoms with Gasteiger partial charge < -0.3 is 15.6 Å². The second-order valence-corrected chi connectivity index (χ2v) is 3.56. The fourth-order valence-electron chi connectivity index (χ4n) is 1.49. The van der Waals surface area contributed by atoms with E-state index in [2.05, 4.69) is 18.2 Å². The lowest BCUT2D eigenvalue weighted by Gasteiger charge is -2.07. The summed E-state index contributed by atoms with van der Waals surface area (Å²) in [5, 5.41) is 2.75. The molecule has 0 spiro atoms. The third-order valence-electron chi connectivity index (χ3n) is 2.17. The zero-order chi connectivity index (χ0) is 12.0. The van der Waals surface area contributed by atoms with Crippen molar-refractivity contribution in [3.05, 3.63) is 18.0 Å². The van der Waals surface area contributed by atoms with Crippen LogP contribution in [0.2, 0.25) is 0 Å². The molecular formula is C12H17N3O. The van der Waals surface area contributed by atoms with Crippen molar-refractivity contribution in [2.24, 2.45) is 0 Å². The summed E-state index contributed by atoms with van der Waals surface area (Å²) in [6.07, 6.45) is 8.38. The van der Waals surface area contributed by atoms with Gasteiger partial charge in [0.1, 0.15) is 5.69 Å². The van der Waals surface area contributed by atoms with Crippen molar-refractivity contribution in [1.82, 2.24) is 9.88 Å². The van der Waals surface area contributed by atoms with E-state index in [4.69, 9.17) is 12.2 Å². The topological polar surface area (TPSA) is 60.1 Å². The molecule has 16 heavy (non-hydrogen) atoms. The van der Waals surface area contributed by atoms with Crippen molar-refractivity contribution in [1.29, 1.82) is 0 Å². The number of terminal acetylenes is 1. The third-order valence-corrected chi connectivity index (χ3v) is 2.17. The summed E-state index contributed by atoms with van der Waals surface area (Å²) >= 11 is 0. The second kappa shape index (κ2) is 5.86. The Morgan fingerprint density at radius 2 is 2.44 bits per heavy atom. The normalized spacial score (nSPS) is 9.75. The maximum absolute atomic E-state index is 11.8. The van der Waals surface area contributed by atoms with Crippen LogP contribution in [-0.2, 0) is 6.54 Å². The van der Waals surface area contributed by atoms with Crippen LogP contribution in [0.3, 0.4) is 0 Å². The third kappa shape index (κ3) is 3.06. The molecule has 1 aromatic heterocycles. The zero-order valence-electron chi connectivity index (χ0n) is 9.49. The molecule has 1 amide bonds. The number of aryl methyl sites for hydroxylation is 1. The molecule has 0 unspecified atom stereocenters. The van der Waals surface area contributed by atoms with Gasteiger partial charge in [-0.2, -0.15) is 0 Å². The summed E-state index contributed by atoms with van der Waals surface area (Å²) < 4.78 is 1.86. The van der Waals surface area contributed by atoms with Crippen molar-refractivity contribution in [2.45, 2.75) is 26.3 Å². The highest BCUT2D eigenvalue weighted by atomic mass is 16.1. The first-order chi connectivity index (χ1) is 7.69. The summed E-state index contributed by atoms with van der Waals surface area (Å²) in [4.78, 5) is 11.8. The van der Waals surface area contributed by atoms with E-state index in [1.807, 2.05) is 4.57 Å². The molecule has 4 heteroatoms. The predicted molar refractivity (Wildman–Crippen MR) is 64.9 cm³/mol. The fourth-order valence-corrected chi connectivity index (χ4v) is 1.49. The van der Waals surface area contributed by atoms with Crippen LogP contribution in [0.5, 0.6) is 0 Å². The number of anilines is 1. The van der Waals surface area contributed by atoms with Gasteiger partial charge in [-0.1, -0.05) is 6.92 Å². The van der Waals surface area contributed by atoms with Gasteiger partial charge in [0, 0.05) is 25.7 Å². The Morgan fingerprint density at radius 1 is 1.69 bits per heavy atom. The SMILES string of the molecule is C#CCCNC(=O)c1cc(N)cn1CCC. The second-order valence-electron chi connectivity index (χ2n) is 3.56. The molecule has 0 radical (unpaired) electrons. The Kier molecular flexibility index (Phi) is 4.46. The van der Waals surface area contributed by atoms with Crippen LogP contribution >= 0.6 is 0 Å². The quantitative estimate of drug-likeness (QED) is 0.578. The summed E-state index contributed by atoms with van der Waals surface area (Å²) in [6, 6.07) is 1.68. The van der Waals surface area contributed by atoms with Crippen molar-refractivity contribution >= 4 is 11.6 Å². The van der Waals surface area contributed by atoms with Gasteiger partial charge in [0.25, 0.3) is 5.91 Å². The average molecular weight is 219 g/mol. The van der Waals surface area contributed by atoms with Gasteiger partial charge in [-0.05, 0) is 12.5 Å². The number of nitrogens with zero attached hydrogens (tertiary/aromatic N) is 1. The highest BCUT2D eigenvalue weighted by Gasteiger charge is 2.11. The number of nitrogens with two attached hydrogens (primary N) is 1. The molecule has 0 aliphatic rings. The molecule has 1 aromatic rings. The van der Waals surface area contributed by atoms with E-state index in [1.165, 1.54) is 0 Å². The molecule has 0 aliphatic heterocycles. The van der Waals surface area contributed by atoms with Gasteiger partial charge in [-0.15, -0.1) is 12.3 Å². The van der Waals surface area contributed by atoms with Crippen molar-refractivity contribution < 1.29 is 4.79 Å². The number of carbonyl (C=O) groups excluding carboxylic acids is 1. The van der Waals surface area contributed by atoms with E-state index in [-0.39, 0.29) is 5.91 Å². The maximum atomic E-state index is 11.8. The number of aromatic nitrogens is 1. The minimum Gasteiger partial charge on any atom is -0.397 e. The van der Waals surface area contributed by atoms with E-state index in [1.54, 1.807) is 12.3 Å². The van der Waals surface area contributed by atoms with Crippen LogP contribution in [-0.4, -0.2) is 17.0 Å². The van der Waals surface area contributed by atoms with Gasteiger partial charge in [0.15, 0.2) is 0 Å². The summed E-state index contributed by atoms with van der Waals surface area (Å²) in [5.74, 6) is 2.35. The number of nitrogens with one attached hydrogen (secondary N) is 1. The molecule has 0 bridgehead atoms. The first kappa shape index (κ1) is 12.2. The Balaban J connectivity index is 2.70. The standard InChI is InChI=1S/C12H17N3O/c1-3-5-6-14-12(16)11-8-10(13)9-15(11)7-4-2/h1,8-9H,4-7,13H2,2H3,(H,14,16). The van der Waals surface area contributed by atoms with Gasteiger partial charge >= 0.3 is 0 Å². The molecule has 86 valence electrons. The number of nitrogen functional groups attached to an aromatic ring is 1. The molecule has 1 rings (SSSR count). The number of amides is 1. The molecule has 1 heterocycles. The summed E-state index contributed by atoms with van der Waals surface area (Å²) in [5.41, 5.74) is 6.87. The zero-order valence-corrected chi connectivity index (χ0v) is 9.49. The molecule has 0 fully saturated rings. The smallest absolute Gasteiger partial charge is 0.268 e. The van der Waals surface area contributed by atoms with Gasteiger partial charge in [0.2, 0.25) is 0 Å². The van der Waals surface area contributed by atoms with E-state index in [0.29, 0.717) is 24.3 Å². The maximum Gasteiger partial charge on any atom is 0.268 e. The molecule has 0 atom stereocenters. The van der Waals surface area contributed by atoms with Gasteiger partial charge in [0.05, 0.1) is 5.69 Å². The fraction of sp³-hybridized carbons (Fsp3) is 0.417. The Morgan fingerprint density at radius 3 is 3.06 bits per heavy atom. The largest absolute Gasteiger partial charge is 0.397 e. The Hall–Kier alpha value is -1.89. The predicted octanol–water partition coefficient (Wildman–Crippen LogP) is 1.23. The minimum atomic E-state index is -0.125. The van der Waals surface area contributed by atoms with E-state index in [9.17, 15) is 4.79 Å². The van der Waals surface area contributed by atoms with Crippen LogP contribution in [0.1, 0.15) is 30.3 Å². The molecular weight excluding hydrogens is 202 g/mol. The lowest BCUT2D eigenvalue weighted by atomic mass is 10.3. The lowest BCUT2D eigenvalue weighted by Crippen LogP contribution is -2.26. The molecule has 0 aliphatic carbocycles. The van der Waals surface area contributed by atoms with E-state index in [0.717, 1.165) is 13.0 Å². The van der Waals surface area contributed by atoms with Crippen LogP contribution in [0.4, 0.5) is 5.69 Å². The van der Waals surface area contributed by atoms with Crippen LogP contribution in [0, 0.1) is 12.3 Å². The monoisotopic (exact) mass is 219 g/mol.